The number of ketones is 1. The number of ether oxygens (including phenoxy) is 1. The predicted octanol–water partition coefficient (Wildman–Crippen LogP) is 2.42. The normalized spacial score (nSPS) is 17.8. The van der Waals surface area contributed by atoms with Gasteiger partial charge in [0.25, 0.3) is 0 Å². The van der Waals surface area contributed by atoms with Crippen LogP contribution in [0, 0.1) is 5.41 Å². The van der Waals surface area contributed by atoms with Crippen LogP contribution in [0.1, 0.15) is 12.0 Å². The van der Waals surface area contributed by atoms with Gasteiger partial charge < -0.3 is 9.84 Å². The SMILES string of the molecule is COc1ccc(/C=C2\SC(=N)CC2=O)cc1O. The highest BCUT2D eigenvalue weighted by atomic mass is 32.2. The zero-order chi connectivity index (χ0) is 12.4. The summed E-state index contributed by atoms with van der Waals surface area (Å²) in [6, 6.07) is 4.92. The Bertz CT molecular complexity index is 522. The highest BCUT2D eigenvalue weighted by Crippen LogP contribution is 2.33. The molecule has 88 valence electrons. The number of carbonyl (C=O) groups is 1. The number of hydrogen-bond acceptors (Lipinski definition) is 5. The maximum Gasteiger partial charge on any atom is 0.176 e. The molecule has 2 rings (SSSR count). The Labute approximate surface area is 103 Å². The number of aromatic hydroxyl groups is 1. The average Bonchev–Trinajstić information content (AvgIpc) is 2.58. The number of allylic oxidation sites excluding steroid dienone is 1. The molecule has 1 fully saturated rings. The summed E-state index contributed by atoms with van der Waals surface area (Å²) >= 11 is 1.17. The minimum absolute atomic E-state index is 0.0346. The van der Waals surface area contributed by atoms with Gasteiger partial charge in [-0.3, -0.25) is 10.2 Å². The first kappa shape index (κ1) is 11.7. The second-order valence-electron chi connectivity index (χ2n) is 3.57. The number of thioether (sulfide) groups is 1. The van der Waals surface area contributed by atoms with Crippen molar-refractivity contribution in [2.24, 2.45) is 0 Å². The van der Waals surface area contributed by atoms with E-state index in [2.05, 4.69) is 0 Å². The van der Waals surface area contributed by atoms with Gasteiger partial charge in [-0.15, -0.1) is 0 Å². The third-order valence-corrected chi connectivity index (χ3v) is 3.29. The van der Waals surface area contributed by atoms with Gasteiger partial charge in [0.1, 0.15) is 0 Å². The minimum Gasteiger partial charge on any atom is -0.504 e. The van der Waals surface area contributed by atoms with E-state index in [9.17, 15) is 9.90 Å². The number of carbonyl (C=O) groups excluding carboxylic acids is 1. The molecule has 0 spiro atoms. The molecule has 5 heteroatoms. The molecule has 0 aromatic heterocycles. The number of rotatable bonds is 2. The van der Waals surface area contributed by atoms with Crippen molar-refractivity contribution >= 4 is 28.7 Å². The highest BCUT2D eigenvalue weighted by molar-refractivity contribution is 8.18. The first-order valence-corrected chi connectivity index (χ1v) is 5.79. The van der Waals surface area contributed by atoms with Gasteiger partial charge in [0.15, 0.2) is 17.3 Å². The standard InChI is InChI=1S/C12H11NO3S/c1-16-10-3-2-7(4-8(10)14)5-11-9(15)6-12(13)17-11/h2-5,13-14H,6H2,1H3/b11-5-,13-12?. The molecule has 1 aromatic rings. The van der Waals surface area contributed by atoms with Crippen LogP contribution in [0.3, 0.4) is 0 Å². The van der Waals surface area contributed by atoms with Gasteiger partial charge in [0.2, 0.25) is 0 Å². The third kappa shape index (κ3) is 2.50. The van der Waals surface area contributed by atoms with Crippen molar-refractivity contribution in [3.63, 3.8) is 0 Å². The maximum absolute atomic E-state index is 11.5. The summed E-state index contributed by atoms with van der Waals surface area (Å²) in [7, 11) is 1.48. The zero-order valence-electron chi connectivity index (χ0n) is 9.19. The fourth-order valence-electron chi connectivity index (χ4n) is 1.52. The predicted molar refractivity (Wildman–Crippen MR) is 67.6 cm³/mol. The van der Waals surface area contributed by atoms with Crippen LogP contribution in [0.25, 0.3) is 6.08 Å². The molecule has 1 saturated heterocycles. The highest BCUT2D eigenvalue weighted by Gasteiger charge is 2.22. The molecule has 2 N–H and O–H groups in total. The second-order valence-corrected chi connectivity index (χ2v) is 4.70. The second kappa shape index (κ2) is 4.63. The molecular weight excluding hydrogens is 238 g/mol. The number of benzene rings is 1. The smallest absolute Gasteiger partial charge is 0.176 e. The Kier molecular flexibility index (Phi) is 3.19. The Morgan fingerprint density at radius 2 is 2.29 bits per heavy atom. The Hall–Kier alpha value is -1.75. The molecule has 0 amide bonds. The first-order chi connectivity index (χ1) is 8.10. The average molecular weight is 249 g/mol. The number of phenols is 1. The first-order valence-electron chi connectivity index (χ1n) is 4.97. The maximum atomic E-state index is 11.5. The molecule has 1 aliphatic heterocycles. The lowest BCUT2D eigenvalue weighted by Gasteiger charge is -2.03. The molecular formula is C12H11NO3S. The van der Waals surface area contributed by atoms with Crippen LogP contribution in [-0.4, -0.2) is 23.0 Å². The summed E-state index contributed by atoms with van der Waals surface area (Å²) in [6.45, 7) is 0. The molecule has 1 aliphatic rings. The minimum atomic E-state index is -0.0460. The topological polar surface area (TPSA) is 70.4 Å². The molecule has 1 aromatic carbocycles. The van der Waals surface area contributed by atoms with E-state index in [1.54, 1.807) is 18.2 Å². The van der Waals surface area contributed by atoms with E-state index in [4.69, 9.17) is 10.1 Å². The Balaban J connectivity index is 2.30. The van der Waals surface area contributed by atoms with Crippen molar-refractivity contribution in [3.8, 4) is 11.5 Å². The fourth-order valence-corrected chi connectivity index (χ4v) is 2.37. The van der Waals surface area contributed by atoms with E-state index in [0.717, 1.165) is 0 Å². The lowest BCUT2D eigenvalue weighted by molar-refractivity contribution is -0.113. The van der Waals surface area contributed by atoms with Gasteiger partial charge in [-0.05, 0) is 23.8 Å². The molecule has 1 heterocycles. The van der Waals surface area contributed by atoms with E-state index in [0.29, 0.717) is 21.3 Å². The van der Waals surface area contributed by atoms with E-state index in [1.807, 2.05) is 0 Å². The molecule has 0 unspecified atom stereocenters. The number of nitrogens with one attached hydrogen (secondary N) is 1. The number of Topliss-reactive ketones (excluding diaryl/α,β-unsaturated/α-hetero) is 1. The lowest BCUT2D eigenvalue weighted by atomic mass is 10.1. The van der Waals surface area contributed by atoms with Crippen molar-refractivity contribution in [1.29, 1.82) is 5.41 Å². The van der Waals surface area contributed by atoms with Crippen LogP contribution < -0.4 is 4.74 Å². The fraction of sp³-hybridized carbons (Fsp3) is 0.167. The molecule has 17 heavy (non-hydrogen) atoms. The molecule has 0 saturated carbocycles. The van der Waals surface area contributed by atoms with Gasteiger partial charge in [0, 0.05) is 0 Å². The molecule has 0 radical (unpaired) electrons. The largest absolute Gasteiger partial charge is 0.504 e. The summed E-state index contributed by atoms with van der Waals surface area (Å²) in [5, 5.41) is 17.4. The van der Waals surface area contributed by atoms with E-state index in [1.165, 1.54) is 24.9 Å². The number of methoxy groups -OCH3 is 1. The van der Waals surface area contributed by atoms with Crippen molar-refractivity contribution in [3.05, 3.63) is 28.7 Å². The van der Waals surface area contributed by atoms with Crippen LogP contribution in [-0.2, 0) is 4.79 Å². The van der Waals surface area contributed by atoms with Crippen molar-refractivity contribution in [2.75, 3.05) is 7.11 Å². The third-order valence-electron chi connectivity index (χ3n) is 2.33. The van der Waals surface area contributed by atoms with Gasteiger partial charge in [-0.2, -0.15) is 0 Å². The Morgan fingerprint density at radius 1 is 1.53 bits per heavy atom. The van der Waals surface area contributed by atoms with E-state index in [-0.39, 0.29) is 18.0 Å². The van der Waals surface area contributed by atoms with Gasteiger partial charge in [-0.1, -0.05) is 17.8 Å². The quantitative estimate of drug-likeness (QED) is 0.790. The van der Waals surface area contributed by atoms with Gasteiger partial charge >= 0.3 is 0 Å². The summed E-state index contributed by atoms with van der Waals surface area (Å²) in [6.07, 6.45) is 1.85. The molecule has 0 atom stereocenters. The van der Waals surface area contributed by atoms with Crippen molar-refractivity contribution in [2.45, 2.75) is 6.42 Å². The zero-order valence-corrected chi connectivity index (χ0v) is 10.0. The van der Waals surface area contributed by atoms with Crippen LogP contribution >= 0.6 is 11.8 Å². The van der Waals surface area contributed by atoms with Gasteiger partial charge in [-0.25, -0.2) is 0 Å². The van der Waals surface area contributed by atoms with Crippen LogP contribution in [0.4, 0.5) is 0 Å². The summed E-state index contributed by atoms with van der Waals surface area (Å²) in [4.78, 5) is 12.0. The Morgan fingerprint density at radius 3 is 2.82 bits per heavy atom. The summed E-state index contributed by atoms with van der Waals surface area (Å²) in [5.74, 6) is 0.382. The van der Waals surface area contributed by atoms with Crippen LogP contribution in [0.15, 0.2) is 23.1 Å². The summed E-state index contributed by atoms with van der Waals surface area (Å²) in [5.41, 5.74) is 0.717. The monoisotopic (exact) mass is 249 g/mol. The van der Waals surface area contributed by atoms with E-state index < -0.39 is 0 Å². The van der Waals surface area contributed by atoms with E-state index >= 15 is 0 Å². The lowest BCUT2D eigenvalue weighted by Crippen LogP contribution is -1.91. The molecule has 0 bridgehead atoms. The number of hydrogen-bond donors (Lipinski definition) is 2. The van der Waals surface area contributed by atoms with Crippen LogP contribution in [0.5, 0.6) is 11.5 Å². The van der Waals surface area contributed by atoms with Crippen molar-refractivity contribution < 1.29 is 14.6 Å². The summed E-state index contributed by atoms with van der Waals surface area (Å²) < 4.78 is 4.93. The van der Waals surface area contributed by atoms with Crippen molar-refractivity contribution in [1.82, 2.24) is 0 Å². The van der Waals surface area contributed by atoms with Gasteiger partial charge in [0.05, 0.1) is 23.5 Å². The van der Waals surface area contributed by atoms with Crippen LogP contribution in [0.2, 0.25) is 0 Å². The molecule has 0 aliphatic carbocycles. The molecule has 4 nitrogen and oxygen atoms in total. The number of phenolic OH excluding ortho intramolecular Hbond substituents is 1.